The summed E-state index contributed by atoms with van der Waals surface area (Å²) < 4.78 is 0. The van der Waals surface area contributed by atoms with Gasteiger partial charge in [0.25, 0.3) is 5.91 Å². The molecule has 1 N–H and O–H groups in total. The topological polar surface area (TPSA) is 29.1 Å². The van der Waals surface area contributed by atoms with Crippen molar-refractivity contribution in [3.05, 3.63) is 45.8 Å². The number of nitrogens with one attached hydrogen (secondary N) is 1. The predicted molar refractivity (Wildman–Crippen MR) is 65.9 cm³/mol. The second-order valence-electron chi connectivity index (χ2n) is 3.65. The van der Waals surface area contributed by atoms with Crippen LogP contribution in [0.2, 0.25) is 5.02 Å². The molecule has 1 aliphatic heterocycles. The highest BCUT2D eigenvalue weighted by atomic mass is 35.5. The number of hydrogen-bond acceptors (Lipinski definition) is 2. The average molecular weight is 250 g/mol. The first-order valence-corrected chi connectivity index (χ1v) is 6.10. The van der Waals surface area contributed by atoms with Crippen molar-refractivity contribution in [1.82, 2.24) is 5.32 Å². The normalized spacial score (nSPS) is 13.7. The Kier molecular flexibility index (Phi) is 2.23. The number of fused-ring (bicyclic) bond motifs is 1. The first-order valence-electron chi connectivity index (χ1n) is 4.91. The van der Waals surface area contributed by atoms with Crippen LogP contribution in [0.5, 0.6) is 0 Å². The number of rotatable bonds is 1. The number of thiophene rings is 1. The van der Waals surface area contributed by atoms with E-state index in [1.165, 1.54) is 11.3 Å². The van der Waals surface area contributed by atoms with Gasteiger partial charge >= 0.3 is 0 Å². The minimum atomic E-state index is 0.0419. The molecule has 1 aromatic carbocycles. The molecular weight excluding hydrogens is 242 g/mol. The Balaban J connectivity index is 2.05. The van der Waals surface area contributed by atoms with E-state index in [1.807, 2.05) is 24.3 Å². The number of halogens is 1. The molecule has 2 nitrogen and oxygen atoms in total. The fraction of sp³-hybridized carbons (Fsp3) is 0.0833. The Hall–Kier alpha value is -1.32. The molecule has 2 heterocycles. The third kappa shape index (κ3) is 1.52. The van der Waals surface area contributed by atoms with Gasteiger partial charge in [0.05, 0.1) is 4.88 Å². The fourth-order valence-electron chi connectivity index (χ4n) is 1.76. The maximum absolute atomic E-state index is 11.4. The summed E-state index contributed by atoms with van der Waals surface area (Å²) in [6, 6.07) is 9.74. The summed E-state index contributed by atoms with van der Waals surface area (Å²) in [4.78, 5) is 13.4. The summed E-state index contributed by atoms with van der Waals surface area (Å²) in [6.45, 7) is 0.651. The standard InChI is InChI=1S/C12H8ClNOS/c13-9-3-1-7(2-4-9)10-5-8-6-14-12(15)11(8)16-10/h1-5H,6H2,(H,14,15). The van der Waals surface area contributed by atoms with Gasteiger partial charge in [-0.25, -0.2) is 0 Å². The molecule has 0 atom stereocenters. The van der Waals surface area contributed by atoms with Gasteiger partial charge in [-0.15, -0.1) is 11.3 Å². The molecule has 1 amide bonds. The average Bonchev–Trinajstić information content (AvgIpc) is 2.83. The molecule has 1 aliphatic rings. The smallest absolute Gasteiger partial charge is 0.261 e. The lowest BCUT2D eigenvalue weighted by atomic mass is 10.1. The number of benzene rings is 1. The molecule has 80 valence electrons. The molecule has 3 rings (SSSR count). The van der Waals surface area contributed by atoms with Crippen molar-refractivity contribution < 1.29 is 4.79 Å². The molecule has 0 spiro atoms. The van der Waals surface area contributed by atoms with E-state index < -0.39 is 0 Å². The van der Waals surface area contributed by atoms with E-state index in [9.17, 15) is 4.79 Å². The third-order valence-corrected chi connectivity index (χ3v) is 4.06. The van der Waals surface area contributed by atoms with E-state index in [-0.39, 0.29) is 5.91 Å². The van der Waals surface area contributed by atoms with Crippen molar-refractivity contribution >= 4 is 28.8 Å². The number of hydrogen-bond donors (Lipinski definition) is 1. The van der Waals surface area contributed by atoms with Crippen molar-refractivity contribution in [2.75, 3.05) is 0 Å². The van der Waals surface area contributed by atoms with Gasteiger partial charge in [-0.05, 0) is 29.3 Å². The first-order chi connectivity index (χ1) is 7.74. The van der Waals surface area contributed by atoms with Gasteiger partial charge in [0, 0.05) is 16.4 Å². The zero-order valence-corrected chi connectivity index (χ0v) is 9.86. The molecule has 1 aromatic heterocycles. The molecule has 16 heavy (non-hydrogen) atoms. The van der Waals surface area contributed by atoms with E-state index in [1.54, 1.807) is 0 Å². The third-order valence-electron chi connectivity index (χ3n) is 2.58. The molecule has 0 aliphatic carbocycles. The van der Waals surface area contributed by atoms with E-state index in [2.05, 4.69) is 11.4 Å². The molecule has 2 aromatic rings. The molecule has 0 radical (unpaired) electrons. The zero-order valence-electron chi connectivity index (χ0n) is 8.29. The summed E-state index contributed by atoms with van der Waals surface area (Å²) in [5.74, 6) is 0.0419. The van der Waals surface area contributed by atoms with Crippen LogP contribution >= 0.6 is 22.9 Å². The molecule has 0 unspecified atom stereocenters. The number of carbonyl (C=O) groups is 1. The maximum atomic E-state index is 11.4. The Bertz CT molecular complexity index is 559. The summed E-state index contributed by atoms with van der Waals surface area (Å²) >= 11 is 7.37. The van der Waals surface area contributed by atoms with Crippen LogP contribution in [0.1, 0.15) is 15.2 Å². The van der Waals surface area contributed by atoms with Crippen LogP contribution in [0.25, 0.3) is 10.4 Å². The number of amides is 1. The van der Waals surface area contributed by atoms with Crippen molar-refractivity contribution in [3.63, 3.8) is 0 Å². The summed E-state index contributed by atoms with van der Waals surface area (Å²) in [6.07, 6.45) is 0. The lowest BCUT2D eigenvalue weighted by molar-refractivity contribution is 0.0969. The van der Waals surface area contributed by atoms with Crippen molar-refractivity contribution in [2.45, 2.75) is 6.54 Å². The van der Waals surface area contributed by atoms with Gasteiger partial charge in [0.2, 0.25) is 0 Å². The van der Waals surface area contributed by atoms with Crippen molar-refractivity contribution in [1.29, 1.82) is 0 Å². The quantitative estimate of drug-likeness (QED) is 0.826. The van der Waals surface area contributed by atoms with Crippen LogP contribution in [0.15, 0.2) is 30.3 Å². The van der Waals surface area contributed by atoms with E-state index in [0.29, 0.717) is 6.54 Å². The van der Waals surface area contributed by atoms with Crippen LogP contribution in [0, 0.1) is 0 Å². The molecule has 0 saturated heterocycles. The van der Waals surface area contributed by atoms with E-state index in [0.717, 1.165) is 25.9 Å². The fourth-order valence-corrected chi connectivity index (χ4v) is 2.99. The lowest BCUT2D eigenvalue weighted by Gasteiger charge is -1.97. The molecule has 0 fully saturated rings. The minimum absolute atomic E-state index is 0.0419. The molecule has 0 saturated carbocycles. The molecule has 4 heteroatoms. The molecular formula is C12H8ClNOS. The maximum Gasteiger partial charge on any atom is 0.261 e. The predicted octanol–water partition coefficient (Wildman–Crippen LogP) is 3.31. The Morgan fingerprint density at radius 3 is 2.69 bits per heavy atom. The van der Waals surface area contributed by atoms with Gasteiger partial charge < -0.3 is 5.32 Å². The zero-order chi connectivity index (χ0) is 11.1. The summed E-state index contributed by atoms with van der Waals surface area (Å²) in [5, 5.41) is 3.53. The van der Waals surface area contributed by atoms with Gasteiger partial charge in [0.1, 0.15) is 0 Å². The second-order valence-corrected chi connectivity index (χ2v) is 5.14. The van der Waals surface area contributed by atoms with Crippen molar-refractivity contribution in [2.24, 2.45) is 0 Å². The van der Waals surface area contributed by atoms with E-state index >= 15 is 0 Å². The highest BCUT2D eigenvalue weighted by Crippen LogP contribution is 2.34. The van der Waals surface area contributed by atoms with Crippen molar-refractivity contribution in [3.8, 4) is 10.4 Å². The van der Waals surface area contributed by atoms with Crippen LogP contribution in [-0.4, -0.2) is 5.91 Å². The Morgan fingerprint density at radius 2 is 2.00 bits per heavy atom. The van der Waals surface area contributed by atoms with Crippen LogP contribution < -0.4 is 5.32 Å². The number of carbonyl (C=O) groups excluding carboxylic acids is 1. The molecule has 0 bridgehead atoms. The lowest BCUT2D eigenvalue weighted by Crippen LogP contribution is -2.12. The first kappa shape index (κ1) is 9.87. The van der Waals surface area contributed by atoms with Crippen LogP contribution in [0.4, 0.5) is 0 Å². The largest absolute Gasteiger partial charge is 0.347 e. The summed E-state index contributed by atoms with van der Waals surface area (Å²) in [5.41, 5.74) is 2.21. The van der Waals surface area contributed by atoms with Crippen LogP contribution in [-0.2, 0) is 6.54 Å². The highest BCUT2D eigenvalue weighted by Gasteiger charge is 2.22. The van der Waals surface area contributed by atoms with Gasteiger partial charge in [-0.1, -0.05) is 23.7 Å². The second kappa shape index (κ2) is 3.61. The van der Waals surface area contributed by atoms with Gasteiger partial charge in [-0.2, -0.15) is 0 Å². The van der Waals surface area contributed by atoms with E-state index in [4.69, 9.17) is 11.6 Å². The summed E-state index contributed by atoms with van der Waals surface area (Å²) in [7, 11) is 0. The monoisotopic (exact) mass is 249 g/mol. The minimum Gasteiger partial charge on any atom is -0.347 e. The highest BCUT2D eigenvalue weighted by molar-refractivity contribution is 7.17. The van der Waals surface area contributed by atoms with Gasteiger partial charge in [0.15, 0.2) is 0 Å². The van der Waals surface area contributed by atoms with Gasteiger partial charge in [-0.3, -0.25) is 4.79 Å². The Labute approximate surface area is 102 Å². The SMILES string of the molecule is O=C1NCc2cc(-c3ccc(Cl)cc3)sc21. The van der Waals surface area contributed by atoms with Crippen LogP contribution in [0.3, 0.4) is 0 Å². The Morgan fingerprint density at radius 1 is 1.25 bits per heavy atom.